The van der Waals surface area contributed by atoms with E-state index in [2.05, 4.69) is 19.9 Å². The van der Waals surface area contributed by atoms with Crippen molar-refractivity contribution in [1.82, 2.24) is 24.9 Å². The normalized spacial score (nSPS) is 22.9. The van der Waals surface area contributed by atoms with Gasteiger partial charge in [-0.25, -0.2) is 19.7 Å². The summed E-state index contributed by atoms with van der Waals surface area (Å²) in [6.45, 7) is 0. The number of benzene rings is 1. The molecule has 1 saturated carbocycles. The van der Waals surface area contributed by atoms with E-state index in [4.69, 9.17) is 9.72 Å². The predicted octanol–water partition coefficient (Wildman–Crippen LogP) is 4.14. The fourth-order valence-electron chi connectivity index (χ4n) is 4.70. The number of carbonyl (C=O) groups excluding carboxylic acids is 1. The van der Waals surface area contributed by atoms with Gasteiger partial charge in [0.2, 0.25) is 0 Å². The molecular formula is C23H19N5O2. The van der Waals surface area contributed by atoms with Gasteiger partial charge in [0.25, 0.3) is 0 Å². The summed E-state index contributed by atoms with van der Waals surface area (Å²) in [6.07, 6.45) is 8.50. The fraction of sp³-hybridized carbons (Fsp3) is 0.261. The van der Waals surface area contributed by atoms with Crippen LogP contribution in [0.2, 0.25) is 0 Å². The minimum atomic E-state index is -0.538. The molecule has 6 rings (SSSR count). The summed E-state index contributed by atoms with van der Waals surface area (Å²) in [5.41, 5.74) is 3.53. The van der Waals surface area contributed by atoms with Crippen molar-refractivity contribution in [3.63, 3.8) is 0 Å². The number of imidazole rings is 1. The van der Waals surface area contributed by atoms with Crippen molar-refractivity contribution in [3.8, 4) is 11.4 Å². The highest BCUT2D eigenvalue weighted by Crippen LogP contribution is 2.49. The van der Waals surface area contributed by atoms with Crippen LogP contribution < -0.4 is 0 Å². The molecule has 7 nitrogen and oxygen atoms in total. The van der Waals surface area contributed by atoms with Gasteiger partial charge in [-0.3, -0.25) is 4.98 Å². The van der Waals surface area contributed by atoms with Crippen LogP contribution in [-0.4, -0.2) is 30.9 Å². The molecule has 1 aromatic carbocycles. The lowest BCUT2D eigenvalue weighted by atomic mass is 9.75. The minimum absolute atomic E-state index is 0.238. The maximum absolute atomic E-state index is 12.3. The molecule has 1 aliphatic heterocycles. The van der Waals surface area contributed by atoms with Crippen LogP contribution in [0.25, 0.3) is 22.6 Å². The lowest BCUT2D eigenvalue weighted by Crippen LogP contribution is -2.31. The number of pyridine rings is 1. The Morgan fingerprint density at radius 2 is 1.87 bits per heavy atom. The number of esters is 1. The Labute approximate surface area is 172 Å². The Morgan fingerprint density at radius 3 is 2.70 bits per heavy atom. The Bertz CT molecular complexity index is 1260. The smallest absolute Gasteiger partial charge is 0.339 e. The van der Waals surface area contributed by atoms with Gasteiger partial charge in [0, 0.05) is 29.4 Å². The van der Waals surface area contributed by atoms with E-state index >= 15 is 0 Å². The Morgan fingerprint density at radius 1 is 1.03 bits per heavy atom. The predicted molar refractivity (Wildman–Crippen MR) is 110 cm³/mol. The monoisotopic (exact) mass is 397 g/mol. The summed E-state index contributed by atoms with van der Waals surface area (Å²) in [7, 11) is 0. The van der Waals surface area contributed by atoms with Crippen molar-refractivity contribution in [3.05, 3.63) is 71.9 Å². The summed E-state index contributed by atoms with van der Waals surface area (Å²) in [6, 6.07) is 11.7. The first kappa shape index (κ1) is 17.3. The van der Waals surface area contributed by atoms with Crippen molar-refractivity contribution in [1.29, 1.82) is 0 Å². The summed E-state index contributed by atoms with van der Waals surface area (Å²) in [5.74, 6) is 1.63. The molecule has 2 aliphatic rings. The highest BCUT2D eigenvalue weighted by Gasteiger charge is 2.48. The second kappa shape index (κ2) is 6.45. The molecule has 4 heterocycles. The Hall–Kier alpha value is -3.61. The molecule has 3 aromatic heterocycles. The molecule has 30 heavy (non-hydrogen) atoms. The quantitative estimate of drug-likeness (QED) is 0.511. The number of hydrogen-bond acceptors (Lipinski definition) is 6. The van der Waals surface area contributed by atoms with Crippen LogP contribution >= 0.6 is 0 Å². The molecule has 1 fully saturated rings. The number of aromatic nitrogens is 5. The number of fused-ring (bicyclic) bond motifs is 3. The summed E-state index contributed by atoms with van der Waals surface area (Å²) < 4.78 is 5.84. The number of H-pyrrole nitrogens is 1. The van der Waals surface area contributed by atoms with E-state index in [0.29, 0.717) is 17.0 Å². The second-order valence-corrected chi connectivity index (χ2v) is 8.00. The highest BCUT2D eigenvalue weighted by molar-refractivity contribution is 5.94. The molecule has 7 heteroatoms. The van der Waals surface area contributed by atoms with Gasteiger partial charge in [-0.1, -0.05) is 30.3 Å². The Balaban J connectivity index is 1.26. The van der Waals surface area contributed by atoms with E-state index in [-0.39, 0.29) is 11.9 Å². The second-order valence-electron chi connectivity index (χ2n) is 8.00. The highest BCUT2D eigenvalue weighted by atomic mass is 16.6. The summed E-state index contributed by atoms with van der Waals surface area (Å²) in [4.78, 5) is 33.8. The number of rotatable bonds is 2. The number of carbonyl (C=O) groups is 1. The maximum atomic E-state index is 12.3. The van der Waals surface area contributed by atoms with E-state index in [9.17, 15) is 4.79 Å². The maximum Gasteiger partial charge on any atom is 0.339 e. The van der Waals surface area contributed by atoms with Gasteiger partial charge < -0.3 is 9.72 Å². The van der Waals surface area contributed by atoms with E-state index in [1.165, 1.54) is 0 Å². The van der Waals surface area contributed by atoms with Crippen LogP contribution in [0.3, 0.4) is 0 Å². The third kappa shape index (κ3) is 2.62. The fourth-order valence-corrected chi connectivity index (χ4v) is 4.70. The lowest BCUT2D eigenvalue weighted by Gasteiger charge is -2.35. The average molecular weight is 397 g/mol. The first-order valence-corrected chi connectivity index (χ1v) is 10.2. The largest absolute Gasteiger partial charge is 0.450 e. The first-order chi connectivity index (χ1) is 14.7. The number of nitrogens with one attached hydrogen (secondary N) is 1. The zero-order valence-electron chi connectivity index (χ0n) is 16.2. The SMILES string of the molecule is O=C1O[C@]2(CC[C@H](c3nc4nc(-c5ccccc5)ncc4[nH]3)CC2)c2cnccc21. The number of aromatic amines is 1. The molecule has 1 N–H and O–H groups in total. The van der Waals surface area contributed by atoms with Gasteiger partial charge in [0.05, 0.1) is 11.8 Å². The molecule has 4 aromatic rings. The van der Waals surface area contributed by atoms with E-state index in [1.54, 1.807) is 24.7 Å². The zero-order valence-corrected chi connectivity index (χ0v) is 16.2. The van der Waals surface area contributed by atoms with E-state index < -0.39 is 5.60 Å². The summed E-state index contributed by atoms with van der Waals surface area (Å²) >= 11 is 0. The van der Waals surface area contributed by atoms with Gasteiger partial charge in [0.15, 0.2) is 11.5 Å². The topological polar surface area (TPSA) is 93.6 Å². The van der Waals surface area contributed by atoms with Crippen LogP contribution in [0.1, 0.15) is 53.3 Å². The molecule has 0 bridgehead atoms. The number of ether oxygens (including phenoxy) is 1. The molecule has 0 atom stereocenters. The van der Waals surface area contributed by atoms with Crippen molar-refractivity contribution in [2.45, 2.75) is 37.2 Å². The van der Waals surface area contributed by atoms with Crippen LogP contribution in [0.4, 0.5) is 0 Å². The van der Waals surface area contributed by atoms with Crippen LogP contribution in [-0.2, 0) is 10.3 Å². The minimum Gasteiger partial charge on any atom is -0.450 e. The molecule has 0 radical (unpaired) electrons. The third-order valence-electron chi connectivity index (χ3n) is 6.29. The van der Waals surface area contributed by atoms with E-state index in [0.717, 1.165) is 48.2 Å². The van der Waals surface area contributed by atoms with Gasteiger partial charge >= 0.3 is 5.97 Å². The van der Waals surface area contributed by atoms with Crippen molar-refractivity contribution in [2.75, 3.05) is 0 Å². The number of hydrogen-bond donors (Lipinski definition) is 1. The molecule has 0 amide bonds. The van der Waals surface area contributed by atoms with Crippen molar-refractivity contribution >= 4 is 17.1 Å². The molecule has 148 valence electrons. The third-order valence-corrected chi connectivity index (χ3v) is 6.29. The molecule has 0 unspecified atom stereocenters. The van der Waals surface area contributed by atoms with Crippen molar-refractivity contribution in [2.24, 2.45) is 0 Å². The average Bonchev–Trinajstić information content (AvgIpc) is 3.34. The van der Waals surface area contributed by atoms with Gasteiger partial charge in [0.1, 0.15) is 16.9 Å². The molecular weight excluding hydrogens is 378 g/mol. The van der Waals surface area contributed by atoms with Crippen LogP contribution in [0.5, 0.6) is 0 Å². The van der Waals surface area contributed by atoms with Crippen LogP contribution in [0.15, 0.2) is 55.0 Å². The standard InChI is InChI=1S/C23H19N5O2/c29-22-16-8-11-24-12-17(16)23(30-22)9-6-15(7-10-23)20-26-18-13-25-19(27-21(18)28-20)14-4-2-1-3-5-14/h1-5,8,11-13,15H,6-7,9-10H2,(H,25,26,27,28)/t15-,23-. The zero-order chi connectivity index (χ0) is 20.1. The molecule has 1 spiro atoms. The number of nitrogens with zero attached hydrogens (tertiary/aromatic N) is 4. The van der Waals surface area contributed by atoms with Gasteiger partial charge in [-0.05, 0) is 31.7 Å². The molecule has 1 aliphatic carbocycles. The Kier molecular flexibility index (Phi) is 3.71. The van der Waals surface area contributed by atoms with Gasteiger partial charge in [-0.2, -0.15) is 0 Å². The van der Waals surface area contributed by atoms with Gasteiger partial charge in [-0.15, -0.1) is 0 Å². The van der Waals surface area contributed by atoms with Crippen LogP contribution in [0, 0.1) is 0 Å². The first-order valence-electron chi connectivity index (χ1n) is 10.2. The molecule has 0 saturated heterocycles. The van der Waals surface area contributed by atoms with E-state index in [1.807, 2.05) is 30.3 Å². The van der Waals surface area contributed by atoms with Crippen molar-refractivity contribution < 1.29 is 9.53 Å². The lowest BCUT2D eigenvalue weighted by molar-refractivity contribution is -0.0313. The summed E-state index contributed by atoms with van der Waals surface area (Å²) in [5, 5.41) is 0.